The number of rotatable bonds is 3. The fraction of sp³-hybridized carbons (Fsp3) is 0.700. The maximum Gasteiger partial charge on any atom is 0.375 e. The molecule has 0 radical (unpaired) electrons. The molecule has 1 aromatic heterocycles. The predicted molar refractivity (Wildman–Crippen MR) is 53.6 cm³/mol. The summed E-state index contributed by atoms with van der Waals surface area (Å²) in [7, 11) is 0. The maximum absolute atomic E-state index is 10.6. The van der Waals surface area contributed by atoms with E-state index in [-0.39, 0.29) is 11.9 Å². The summed E-state index contributed by atoms with van der Waals surface area (Å²) in [6.45, 7) is 4.30. The molecule has 1 aliphatic carbocycles. The van der Waals surface area contributed by atoms with Crippen LogP contribution in [0.2, 0.25) is 0 Å². The molecule has 0 bridgehead atoms. The zero-order valence-corrected chi connectivity index (χ0v) is 8.92. The van der Waals surface area contributed by atoms with Crippen LogP contribution in [0.3, 0.4) is 0 Å². The third kappa shape index (κ3) is 1.86. The molecule has 2 rings (SSSR count). The van der Waals surface area contributed by atoms with Gasteiger partial charge in [0, 0.05) is 0 Å². The van der Waals surface area contributed by atoms with Crippen LogP contribution in [0.15, 0.2) is 6.33 Å². The fourth-order valence-corrected chi connectivity index (χ4v) is 2.14. The standard InChI is InChI=1S/C10H15N3O2/c1-6-3-8(4-6)7(2)13-5-11-9(12-13)10(14)15/h5-8H,3-4H2,1-2H3,(H,14,15). The molecule has 0 amide bonds. The number of aromatic carboxylic acids is 1. The topological polar surface area (TPSA) is 68.0 Å². The summed E-state index contributed by atoms with van der Waals surface area (Å²) in [6.07, 6.45) is 3.91. The van der Waals surface area contributed by atoms with Gasteiger partial charge in [0.1, 0.15) is 6.33 Å². The van der Waals surface area contributed by atoms with E-state index in [1.54, 1.807) is 4.68 Å². The van der Waals surface area contributed by atoms with Gasteiger partial charge in [0.25, 0.3) is 5.82 Å². The second kappa shape index (κ2) is 3.64. The Bertz CT molecular complexity index is 368. The maximum atomic E-state index is 10.6. The molecule has 82 valence electrons. The highest BCUT2D eigenvalue weighted by Crippen LogP contribution is 2.40. The van der Waals surface area contributed by atoms with Gasteiger partial charge in [-0.05, 0) is 31.6 Å². The zero-order valence-electron chi connectivity index (χ0n) is 8.92. The molecule has 1 N–H and O–H groups in total. The van der Waals surface area contributed by atoms with Crippen molar-refractivity contribution in [3.05, 3.63) is 12.2 Å². The second-order valence-electron chi connectivity index (χ2n) is 4.43. The van der Waals surface area contributed by atoms with E-state index in [2.05, 4.69) is 23.9 Å². The Morgan fingerprint density at radius 2 is 2.33 bits per heavy atom. The summed E-state index contributed by atoms with van der Waals surface area (Å²) in [5.74, 6) is 0.223. The Morgan fingerprint density at radius 1 is 1.67 bits per heavy atom. The lowest BCUT2D eigenvalue weighted by Gasteiger charge is -2.36. The largest absolute Gasteiger partial charge is 0.475 e. The van der Waals surface area contributed by atoms with Crippen LogP contribution in [0.1, 0.15) is 43.3 Å². The van der Waals surface area contributed by atoms with Gasteiger partial charge in [-0.1, -0.05) is 6.92 Å². The minimum Gasteiger partial charge on any atom is -0.475 e. The summed E-state index contributed by atoms with van der Waals surface area (Å²) in [5, 5.41) is 12.6. The van der Waals surface area contributed by atoms with Gasteiger partial charge in [-0.25, -0.2) is 14.5 Å². The molecular formula is C10H15N3O2. The summed E-state index contributed by atoms with van der Waals surface area (Å²) < 4.78 is 1.67. The first-order valence-corrected chi connectivity index (χ1v) is 5.22. The lowest BCUT2D eigenvalue weighted by molar-refractivity contribution is 0.0681. The lowest BCUT2D eigenvalue weighted by Crippen LogP contribution is -2.29. The molecule has 5 nitrogen and oxygen atoms in total. The van der Waals surface area contributed by atoms with E-state index in [0.717, 1.165) is 5.92 Å². The Kier molecular flexibility index (Phi) is 2.46. The minimum atomic E-state index is -1.07. The van der Waals surface area contributed by atoms with Gasteiger partial charge in [-0.15, -0.1) is 5.10 Å². The van der Waals surface area contributed by atoms with E-state index in [9.17, 15) is 4.79 Å². The number of carbonyl (C=O) groups is 1. The second-order valence-corrected chi connectivity index (χ2v) is 4.43. The first-order chi connectivity index (χ1) is 7.08. The SMILES string of the molecule is CC1CC(C(C)n2cnc(C(=O)O)n2)C1. The average molecular weight is 209 g/mol. The normalized spacial score (nSPS) is 27.1. The molecule has 0 aliphatic heterocycles. The number of aromatic nitrogens is 3. The van der Waals surface area contributed by atoms with Crippen molar-refractivity contribution in [2.24, 2.45) is 11.8 Å². The number of carboxylic acid groups (broad SMARTS) is 1. The van der Waals surface area contributed by atoms with Crippen LogP contribution in [-0.2, 0) is 0 Å². The first-order valence-electron chi connectivity index (χ1n) is 5.22. The van der Waals surface area contributed by atoms with Crippen molar-refractivity contribution in [2.75, 3.05) is 0 Å². The summed E-state index contributed by atoms with van der Waals surface area (Å²) in [4.78, 5) is 14.4. The third-order valence-corrected chi connectivity index (χ3v) is 3.21. The zero-order chi connectivity index (χ0) is 11.0. The van der Waals surface area contributed by atoms with Gasteiger partial charge >= 0.3 is 5.97 Å². The van der Waals surface area contributed by atoms with Crippen LogP contribution in [0.25, 0.3) is 0 Å². The van der Waals surface area contributed by atoms with E-state index in [4.69, 9.17) is 5.11 Å². The number of hydrogen-bond acceptors (Lipinski definition) is 3. The average Bonchev–Trinajstić information content (AvgIpc) is 2.60. The minimum absolute atomic E-state index is 0.116. The molecule has 0 aromatic carbocycles. The summed E-state index contributed by atoms with van der Waals surface area (Å²) in [5.41, 5.74) is 0. The smallest absolute Gasteiger partial charge is 0.375 e. The van der Waals surface area contributed by atoms with Crippen LogP contribution >= 0.6 is 0 Å². The van der Waals surface area contributed by atoms with Crippen molar-refractivity contribution in [3.63, 3.8) is 0 Å². The Balaban J connectivity index is 2.05. The predicted octanol–water partition coefficient (Wildman–Crippen LogP) is 1.58. The summed E-state index contributed by atoms with van der Waals surface area (Å²) in [6, 6.07) is 0.252. The quantitative estimate of drug-likeness (QED) is 0.820. The Hall–Kier alpha value is -1.39. The molecule has 1 heterocycles. The highest BCUT2D eigenvalue weighted by Gasteiger charge is 2.31. The molecule has 1 saturated carbocycles. The van der Waals surface area contributed by atoms with E-state index >= 15 is 0 Å². The third-order valence-electron chi connectivity index (χ3n) is 3.21. The fourth-order valence-electron chi connectivity index (χ4n) is 2.14. The van der Waals surface area contributed by atoms with Gasteiger partial charge in [-0.2, -0.15) is 0 Å². The first kappa shape index (κ1) is 10.1. The van der Waals surface area contributed by atoms with Gasteiger partial charge in [-0.3, -0.25) is 0 Å². The van der Waals surface area contributed by atoms with E-state index in [0.29, 0.717) is 5.92 Å². The number of nitrogens with zero attached hydrogens (tertiary/aromatic N) is 3. The molecule has 5 heteroatoms. The van der Waals surface area contributed by atoms with Gasteiger partial charge in [0.05, 0.1) is 6.04 Å². The Labute approximate surface area is 88.1 Å². The van der Waals surface area contributed by atoms with Gasteiger partial charge in [0.2, 0.25) is 0 Å². The molecule has 1 fully saturated rings. The molecule has 1 atom stereocenters. The van der Waals surface area contributed by atoms with Crippen LogP contribution < -0.4 is 0 Å². The van der Waals surface area contributed by atoms with Crippen molar-refractivity contribution >= 4 is 5.97 Å². The van der Waals surface area contributed by atoms with Crippen molar-refractivity contribution in [1.29, 1.82) is 0 Å². The van der Waals surface area contributed by atoms with Crippen molar-refractivity contribution in [2.45, 2.75) is 32.7 Å². The van der Waals surface area contributed by atoms with Crippen LogP contribution in [0.5, 0.6) is 0 Å². The molecule has 15 heavy (non-hydrogen) atoms. The molecular weight excluding hydrogens is 194 g/mol. The van der Waals surface area contributed by atoms with Gasteiger partial charge in [0.15, 0.2) is 0 Å². The summed E-state index contributed by atoms with van der Waals surface area (Å²) >= 11 is 0. The number of carboxylic acids is 1. The molecule has 0 saturated heterocycles. The molecule has 1 aliphatic rings. The van der Waals surface area contributed by atoms with E-state index in [1.807, 2.05) is 0 Å². The van der Waals surface area contributed by atoms with Crippen molar-refractivity contribution in [1.82, 2.24) is 14.8 Å². The monoisotopic (exact) mass is 209 g/mol. The highest BCUT2D eigenvalue weighted by atomic mass is 16.4. The highest BCUT2D eigenvalue weighted by molar-refractivity contribution is 5.82. The van der Waals surface area contributed by atoms with Crippen LogP contribution in [0.4, 0.5) is 0 Å². The number of hydrogen-bond donors (Lipinski definition) is 1. The van der Waals surface area contributed by atoms with Gasteiger partial charge < -0.3 is 5.11 Å². The van der Waals surface area contributed by atoms with Crippen LogP contribution in [0, 0.1) is 11.8 Å². The van der Waals surface area contributed by atoms with Crippen LogP contribution in [-0.4, -0.2) is 25.8 Å². The lowest BCUT2D eigenvalue weighted by atomic mass is 9.72. The molecule has 0 spiro atoms. The molecule has 1 aromatic rings. The molecule has 1 unspecified atom stereocenters. The van der Waals surface area contributed by atoms with Crippen molar-refractivity contribution < 1.29 is 9.90 Å². The van der Waals surface area contributed by atoms with Crippen molar-refractivity contribution in [3.8, 4) is 0 Å². The Morgan fingerprint density at radius 3 is 2.80 bits per heavy atom. The van der Waals surface area contributed by atoms with E-state index < -0.39 is 5.97 Å². The van der Waals surface area contributed by atoms with E-state index in [1.165, 1.54) is 19.2 Å².